The lowest BCUT2D eigenvalue weighted by Crippen LogP contribution is -2.30. The maximum Gasteiger partial charge on any atom is 0.108 e. The van der Waals surface area contributed by atoms with Gasteiger partial charge in [-0.1, -0.05) is 12.1 Å². The van der Waals surface area contributed by atoms with Crippen LogP contribution in [0.25, 0.3) is 10.2 Å². The monoisotopic (exact) mass is 261 g/mol. The quantitative estimate of drug-likeness (QED) is 0.810. The minimum atomic E-state index is 0.856. The molecule has 1 N–H and O–H groups in total. The molecule has 0 bridgehead atoms. The summed E-state index contributed by atoms with van der Waals surface area (Å²) in [6.07, 6.45) is 2.77. The van der Waals surface area contributed by atoms with Crippen molar-refractivity contribution in [1.29, 1.82) is 0 Å². The lowest BCUT2D eigenvalue weighted by molar-refractivity contribution is 0.321. The molecule has 1 aromatic heterocycles. The summed E-state index contributed by atoms with van der Waals surface area (Å²) in [7, 11) is 2.22. The highest BCUT2D eigenvalue weighted by atomic mass is 32.1. The van der Waals surface area contributed by atoms with E-state index >= 15 is 0 Å². The normalized spacial score (nSPS) is 15.7. The van der Waals surface area contributed by atoms with E-state index in [1.807, 2.05) is 6.07 Å². The minimum absolute atomic E-state index is 0.856. The summed E-state index contributed by atoms with van der Waals surface area (Å²) in [5, 5.41) is 4.67. The molecule has 3 rings (SSSR count). The van der Waals surface area contributed by atoms with Crippen LogP contribution in [0.2, 0.25) is 0 Å². The van der Waals surface area contributed by atoms with Gasteiger partial charge in [0.1, 0.15) is 5.01 Å². The highest BCUT2D eigenvalue weighted by Gasteiger charge is 2.25. The zero-order chi connectivity index (χ0) is 12.4. The summed E-state index contributed by atoms with van der Waals surface area (Å²) in [4.78, 5) is 7.07. The average Bonchev–Trinajstić information content (AvgIpc) is 3.14. The lowest BCUT2D eigenvalue weighted by atomic mass is 10.3. The molecule has 1 aromatic carbocycles. The fourth-order valence-corrected chi connectivity index (χ4v) is 3.08. The van der Waals surface area contributed by atoms with E-state index in [0.717, 1.165) is 31.2 Å². The van der Waals surface area contributed by atoms with E-state index in [2.05, 4.69) is 40.4 Å². The topological polar surface area (TPSA) is 28.2 Å². The van der Waals surface area contributed by atoms with E-state index in [4.69, 9.17) is 0 Å². The van der Waals surface area contributed by atoms with Gasteiger partial charge in [-0.05, 0) is 32.0 Å². The second-order valence-corrected chi connectivity index (χ2v) is 6.08. The third-order valence-electron chi connectivity index (χ3n) is 3.43. The van der Waals surface area contributed by atoms with Gasteiger partial charge in [-0.3, -0.25) is 0 Å². The number of hydrogen-bond acceptors (Lipinski definition) is 4. The Bertz CT molecular complexity index is 485. The first-order valence-electron chi connectivity index (χ1n) is 6.58. The number of benzene rings is 1. The predicted molar refractivity (Wildman–Crippen MR) is 77.0 cm³/mol. The van der Waals surface area contributed by atoms with Gasteiger partial charge in [-0.2, -0.15) is 0 Å². The average molecular weight is 261 g/mol. The number of hydrogen-bond donors (Lipinski definition) is 1. The third-order valence-corrected chi connectivity index (χ3v) is 4.46. The van der Waals surface area contributed by atoms with Crippen molar-refractivity contribution in [2.45, 2.75) is 25.4 Å². The predicted octanol–water partition coefficient (Wildman–Crippen LogP) is 2.48. The van der Waals surface area contributed by atoms with Crippen molar-refractivity contribution in [2.75, 3.05) is 20.1 Å². The summed E-state index contributed by atoms with van der Waals surface area (Å²) >= 11 is 1.79. The number of likely N-dealkylation sites (N-methyl/N-ethyl adjacent to an activating group) is 1. The van der Waals surface area contributed by atoms with Gasteiger partial charge in [0.25, 0.3) is 0 Å². The van der Waals surface area contributed by atoms with Crippen molar-refractivity contribution < 1.29 is 0 Å². The third kappa shape index (κ3) is 2.88. The van der Waals surface area contributed by atoms with Crippen molar-refractivity contribution in [1.82, 2.24) is 15.2 Å². The van der Waals surface area contributed by atoms with Gasteiger partial charge in [-0.25, -0.2) is 4.98 Å². The van der Waals surface area contributed by atoms with Crippen LogP contribution in [0.1, 0.15) is 17.8 Å². The number of aromatic nitrogens is 1. The van der Waals surface area contributed by atoms with Crippen LogP contribution in [0.5, 0.6) is 0 Å². The summed E-state index contributed by atoms with van der Waals surface area (Å²) in [5.41, 5.74) is 1.12. The van der Waals surface area contributed by atoms with Gasteiger partial charge >= 0.3 is 0 Å². The Kier molecular flexibility index (Phi) is 3.59. The Morgan fingerprint density at radius 1 is 1.39 bits per heavy atom. The second-order valence-electron chi connectivity index (χ2n) is 4.96. The standard InChI is InChI=1S/C14H19N3S/c1-17(11-6-7-11)9-8-15-10-14-16-12-4-2-3-5-13(12)18-14/h2-5,11,15H,6-10H2,1H3. The molecule has 0 saturated heterocycles. The number of fused-ring (bicyclic) bond motifs is 1. The zero-order valence-electron chi connectivity index (χ0n) is 10.7. The molecule has 0 amide bonds. The summed E-state index contributed by atoms with van der Waals surface area (Å²) in [5.74, 6) is 0. The highest BCUT2D eigenvalue weighted by molar-refractivity contribution is 7.18. The van der Waals surface area contributed by atoms with Crippen LogP contribution in [-0.4, -0.2) is 36.1 Å². The van der Waals surface area contributed by atoms with E-state index in [1.165, 1.54) is 22.5 Å². The summed E-state index contributed by atoms with van der Waals surface area (Å²) in [6.45, 7) is 3.07. The molecule has 1 aliphatic carbocycles. The van der Waals surface area contributed by atoms with Crippen molar-refractivity contribution in [3.05, 3.63) is 29.3 Å². The molecule has 1 saturated carbocycles. The molecule has 1 aliphatic rings. The van der Waals surface area contributed by atoms with Gasteiger partial charge in [-0.15, -0.1) is 11.3 Å². The molecule has 96 valence electrons. The second kappa shape index (κ2) is 5.34. The van der Waals surface area contributed by atoms with Gasteiger partial charge < -0.3 is 10.2 Å². The summed E-state index contributed by atoms with van der Waals surface area (Å²) < 4.78 is 1.28. The lowest BCUT2D eigenvalue weighted by Gasteiger charge is -2.15. The number of rotatable bonds is 6. The molecule has 0 unspecified atom stereocenters. The molecule has 18 heavy (non-hydrogen) atoms. The Labute approximate surface area is 112 Å². The fraction of sp³-hybridized carbons (Fsp3) is 0.500. The van der Waals surface area contributed by atoms with Gasteiger partial charge in [0.2, 0.25) is 0 Å². The molecule has 0 radical (unpaired) electrons. The molecule has 0 spiro atoms. The van der Waals surface area contributed by atoms with Crippen molar-refractivity contribution in [3.63, 3.8) is 0 Å². The number of para-hydroxylation sites is 1. The van der Waals surface area contributed by atoms with Crippen molar-refractivity contribution in [3.8, 4) is 0 Å². The van der Waals surface area contributed by atoms with Crippen LogP contribution in [0.15, 0.2) is 24.3 Å². The Hall–Kier alpha value is -0.970. The molecule has 2 aromatic rings. The smallest absolute Gasteiger partial charge is 0.108 e. The molecule has 3 nitrogen and oxygen atoms in total. The largest absolute Gasteiger partial charge is 0.309 e. The fourth-order valence-electron chi connectivity index (χ4n) is 2.14. The molecule has 0 aliphatic heterocycles. The van der Waals surface area contributed by atoms with Gasteiger partial charge in [0, 0.05) is 25.7 Å². The molecule has 1 heterocycles. The van der Waals surface area contributed by atoms with E-state index in [0.29, 0.717) is 0 Å². The first-order chi connectivity index (χ1) is 8.83. The van der Waals surface area contributed by atoms with Crippen molar-refractivity contribution in [2.24, 2.45) is 0 Å². The van der Waals surface area contributed by atoms with E-state index in [9.17, 15) is 0 Å². The van der Waals surface area contributed by atoms with Crippen LogP contribution in [0, 0.1) is 0 Å². The number of thiazole rings is 1. The van der Waals surface area contributed by atoms with Gasteiger partial charge in [0.05, 0.1) is 10.2 Å². The molecular weight excluding hydrogens is 242 g/mol. The Morgan fingerprint density at radius 3 is 3.00 bits per heavy atom. The molecule has 4 heteroatoms. The number of nitrogens with one attached hydrogen (secondary N) is 1. The molecule has 1 fully saturated rings. The van der Waals surface area contributed by atoms with Crippen molar-refractivity contribution >= 4 is 21.6 Å². The Morgan fingerprint density at radius 2 is 2.22 bits per heavy atom. The summed E-state index contributed by atoms with van der Waals surface area (Å²) in [6, 6.07) is 9.19. The first-order valence-corrected chi connectivity index (χ1v) is 7.40. The number of nitrogens with zero attached hydrogens (tertiary/aromatic N) is 2. The van der Waals surface area contributed by atoms with E-state index in [-0.39, 0.29) is 0 Å². The van der Waals surface area contributed by atoms with Crippen LogP contribution in [0.3, 0.4) is 0 Å². The molecular formula is C14H19N3S. The zero-order valence-corrected chi connectivity index (χ0v) is 11.5. The van der Waals surface area contributed by atoms with Crippen LogP contribution in [0.4, 0.5) is 0 Å². The van der Waals surface area contributed by atoms with Crippen LogP contribution in [-0.2, 0) is 6.54 Å². The molecule has 0 atom stereocenters. The SMILES string of the molecule is CN(CCNCc1nc2ccccc2s1)C1CC1. The Balaban J connectivity index is 1.47. The van der Waals surface area contributed by atoms with E-state index in [1.54, 1.807) is 11.3 Å². The van der Waals surface area contributed by atoms with Crippen LogP contribution < -0.4 is 5.32 Å². The van der Waals surface area contributed by atoms with Crippen LogP contribution >= 0.6 is 11.3 Å². The minimum Gasteiger partial charge on any atom is -0.309 e. The first kappa shape index (κ1) is 12.1. The maximum atomic E-state index is 4.62. The highest BCUT2D eigenvalue weighted by Crippen LogP contribution is 2.24. The maximum absolute atomic E-state index is 4.62. The van der Waals surface area contributed by atoms with Gasteiger partial charge in [0.15, 0.2) is 0 Å². The van der Waals surface area contributed by atoms with E-state index < -0.39 is 0 Å².